The van der Waals surface area contributed by atoms with Gasteiger partial charge in [0, 0.05) is 6.54 Å². The maximum absolute atomic E-state index is 12.0. The zero-order valence-corrected chi connectivity index (χ0v) is 11.4. The topological polar surface area (TPSA) is 49.8 Å². The predicted octanol–water partition coefficient (Wildman–Crippen LogP) is 1.87. The summed E-state index contributed by atoms with van der Waals surface area (Å²) in [6, 6.07) is -0.0650. The second-order valence-corrected chi connectivity index (χ2v) is 6.84. The van der Waals surface area contributed by atoms with Crippen molar-refractivity contribution in [2.45, 2.75) is 46.3 Å². The lowest BCUT2D eigenvalue weighted by atomic mass is 10.0. The van der Waals surface area contributed by atoms with E-state index in [9.17, 15) is 9.90 Å². The average molecular weight is 241 g/mol. The van der Waals surface area contributed by atoms with Crippen LogP contribution in [0.1, 0.15) is 34.6 Å². The molecule has 2 aliphatic rings. The summed E-state index contributed by atoms with van der Waals surface area (Å²) in [6.45, 7) is 10.7. The summed E-state index contributed by atoms with van der Waals surface area (Å²) in [5.41, 5.74) is -0.203. The quantitative estimate of drug-likeness (QED) is 0.762. The summed E-state index contributed by atoms with van der Waals surface area (Å²) in [5, 5.41) is 9.46. The number of fused-ring (bicyclic) bond motifs is 1. The summed E-state index contributed by atoms with van der Waals surface area (Å²) in [4.78, 5) is 13.7. The SMILES string of the molecule is CC(C)(C)OC(=O)N1C[C@H]2[C@@H]([C@H]1CO)C2(C)C. The number of rotatable bonds is 1. The molecule has 0 bridgehead atoms. The van der Waals surface area contributed by atoms with Gasteiger partial charge in [-0.1, -0.05) is 13.8 Å². The van der Waals surface area contributed by atoms with Crippen molar-refractivity contribution in [3.05, 3.63) is 0 Å². The molecule has 1 saturated heterocycles. The van der Waals surface area contributed by atoms with Crippen LogP contribution in [0, 0.1) is 17.3 Å². The van der Waals surface area contributed by atoms with Gasteiger partial charge in [-0.3, -0.25) is 0 Å². The second kappa shape index (κ2) is 3.61. The highest BCUT2D eigenvalue weighted by Gasteiger charge is 2.67. The number of carbonyl (C=O) groups excluding carboxylic acids is 1. The highest BCUT2D eigenvalue weighted by Crippen LogP contribution is 2.64. The summed E-state index contributed by atoms with van der Waals surface area (Å²) in [7, 11) is 0. The largest absolute Gasteiger partial charge is 0.444 e. The van der Waals surface area contributed by atoms with E-state index in [1.54, 1.807) is 4.90 Å². The Morgan fingerprint density at radius 2 is 2.06 bits per heavy atom. The fourth-order valence-corrected chi connectivity index (χ4v) is 3.18. The maximum Gasteiger partial charge on any atom is 0.410 e. The van der Waals surface area contributed by atoms with Crippen LogP contribution in [-0.4, -0.2) is 40.9 Å². The van der Waals surface area contributed by atoms with Gasteiger partial charge in [0.05, 0.1) is 12.6 Å². The van der Waals surface area contributed by atoms with Gasteiger partial charge in [-0.25, -0.2) is 4.79 Å². The van der Waals surface area contributed by atoms with Crippen LogP contribution in [0.2, 0.25) is 0 Å². The predicted molar refractivity (Wildman–Crippen MR) is 64.6 cm³/mol. The molecular weight excluding hydrogens is 218 g/mol. The number of aliphatic hydroxyl groups excluding tert-OH is 1. The van der Waals surface area contributed by atoms with E-state index in [0.717, 1.165) is 6.54 Å². The van der Waals surface area contributed by atoms with E-state index in [-0.39, 0.29) is 24.2 Å². The zero-order chi connectivity index (χ0) is 13.0. The molecule has 0 aromatic heterocycles. The van der Waals surface area contributed by atoms with E-state index in [1.165, 1.54) is 0 Å². The third-order valence-electron chi connectivity index (χ3n) is 4.16. The number of likely N-dealkylation sites (tertiary alicyclic amines) is 1. The molecule has 0 aromatic rings. The number of hydrogen-bond acceptors (Lipinski definition) is 3. The number of piperidine rings is 1. The molecule has 0 unspecified atom stereocenters. The maximum atomic E-state index is 12.0. The Kier molecular flexibility index (Phi) is 2.69. The molecule has 1 N–H and O–H groups in total. The van der Waals surface area contributed by atoms with Gasteiger partial charge in [-0.15, -0.1) is 0 Å². The van der Waals surface area contributed by atoms with Crippen LogP contribution in [0.4, 0.5) is 4.79 Å². The third kappa shape index (κ3) is 2.03. The van der Waals surface area contributed by atoms with Crippen molar-refractivity contribution in [3.63, 3.8) is 0 Å². The first-order valence-corrected chi connectivity index (χ1v) is 6.29. The molecule has 0 spiro atoms. The highest BCUT2D eigenvalue weighted by molar-refractivity contribution is 5.69. The van der Waals surface area contributed by atoms with Crippen molar-refractivity contribution >= 4 is 6.09 Å². The molecule has 0 aromatic carbocycles. The minimum Gasteiger partial charge on any atom is -0.444 e. The van der Waals surface area contributed by atoms with Crippen LogP contribution in [0.15, 0.2) is 0 Å². The van der Waals surface area contributed by atoms with Crippen molar-refractivity contribution in [3.8, 4) is 0 Å². The molecule has 3 atom stereocenters. The number of carbonyl (C=O) groups is 1. The van der Waals surface area contributed by atoms with Crippen molar-refractivity contribution in [2.24, 2.45) is 17.3 Å². The van der Waals surface area contributed by atoms with Gasteiger partial charge >= 0.3 is 6.09 Å². The number of nitrogens with zero attached hydrogens (tertiary/aromatic N) is 1. The van der Waals surface area contributed by atoms with Crippen molar-refractivity contribution in [1.29, 1.82) is 0 Å². The van der Waals surface area contributed by atoms with Gasteiger partial charge in [0.25, 0.3) is 0 Å². The molecule has 1 amide bonds. The van der Waals surface area contributed by atoms with Gasteiger partial charge in [-0.05, 0) is 38.0 Å². The molecular formula is C13H23NO3. The van der Waals surface area contributed by atoms with Crippen LogP contribution < -0.4 is 0 Å². The molecule has 4 heteroatoms. The van der Waals surface area contributed by atoms with Gasteiger partial charge in [0.15, 0.2) is 0 Å². The van der Waals surface area contributed by atoms with Gasteiger partial charge in [0.2, 0.25) is 0 Å². The Morgan fingerprint density at radius 3 is 2.53 bits per heavy atom. The molecule has 1 aliphatic carbocycles. The van der Waals surface area contributed by atoms with Crippen LogP contribution in [0.5, 0.6) is 0 Å². The first-order valence-electron chi connectivity index (χ1n) is 6.29. The monoisotopic (exact) mass is 241 g/mol. The molecule has 1 aliphatic heterocycles. The molecule has 1 saturated carbocycles. The van der Waals surface area contributed by atoms with E-state index >= 15 is 0 Å². The van der Waals surface area contributed by atoms with Crippen LogP contribution in [0.3, 0.4) is 0 Å². The molecule has 17 heavy (non-hydrogen) atoms. The summed E-state index contributed by atoms with van der Waals surface area (Å²) >= 11 is 0. The summed E-state index contributed by atoms with van der Waals surface area (Å²) in [6.07, 6.45) is -0.292. The minimum atomic E-state index is -0.473. The summed E-state index contributed by atoms with van der Waals surface area (Å²) < 4.78 is 5.37. The van der Waals surface area contributed by atoms with E-state index in [4.69, 9.17) is 4.74 Å². The second-order valence-electron chi connectivity index (χ2n) is 6.84. The Labute approximate surface area is 103 Å². The smallest absolute Gasteiger partial charge is 0.410 e. The highest BCUT2D eigenvalue weighted by atomic mass is 16.6. The molecule has 4 nitrogen and oxygen atoms in total. The Morgan fingerprint density at radius 1 is 1.47 bits per heavy atom. The lowest BCUT2D eigenvalue weighted by Crippen LogP contribution is -2.45. The number of aliphatic hydroxyl groups is 1. The molecule has 2 rings (SSSR count). The first kappa shape index (κ1) is 12.7. The third-order valence-corrected chi connectivity index (χ3v) is 4.16. The van der Waals surface area contributed by atoms with Gasteiger partial charge in [0.1, 0.15) is 5.60 Å². The molecule has 1 heterocycles. The lowest BCUT2D eigenvalue weighted by Gasteiger charge is -2.31. The van der Waals surface area contributed by atoms with Crippen LogP contribution in [-0.2, 0) is 4.74 Å². The van der Waals surface area contributed by atoms with E-state index < -0.39 is 5.60 Å². The Hall–Kier alpha value is -0.770. The van der Waals surface area contributed by atoms with Crippen molar-refractivity contribution < 1.29 is 14.6 Å². The molecule has 2 fully saturated rings. The summed E-state index contributed by atoms with van der Waals surface area (Å²) in [5.74, 6) is 0.951. The minimum absolute atomic E-state index is 0.0316. The molecule has 98 valence electrons. The molecule has 0 radical (unpaired) electrons. The fourth-order valence-electron chi connectivity index (χ4n) is 3.18. The zero-order valence-electron chi connectivity index (χ0n) is 11.4. The number of ether oxygens (including phenoxy) is 1. The van der Waals surface area contributed by atoms with E-state index in [2.05, 4.69) is 13.8 Å². The average Bonchev–Trinajstić information content (AvgIpc) is 2.59. The fraction of sp³-hybridized carbons (Fsp3) is 0.923. The number of hydrogen-bond donors (Lipinski definition) is 1. The van der Waals surface area contributed by atoms with Crippen molar-refractivity contribution in [2.75, 3.05) is 13.2 Å². The number of amides is 1. The van der Waals surface area contributed by atoms with Gasteiger partial charge < -0.3 is 14.7 Å². The normalized spacial score (nSPS) is 34.5. The van der Waals surface area contributed by atoms with Gasteiger partial charge in [-0.2, -0.15) is 0 Å². The Balaban J connectivity index is 2.03. The Bertz CT molecular complexity index is 332. The van der Waals surface area contributed by atoms with E-state index in [0.29, 0.717) is 11.8 Å². The van der Waals surface area contributed by atoms with E-state index in [1.807, 2.05) is 20.8 Å². The lowest BCUT2D eigenvalue weighted by molar-refractivity contribution is 0.00960. The first-order chi connectivity index (χ1) is 7.68. The van der Waals surface area contributed by atoms with Crippen LogP contribution >= 0.6 is 0 Å². The standard InChI is InChI=1S/C13H23NO3/c1-12(2,3)17-11(16)14-6-8-10(9(14)7-15)13(8,4)5/h8-10,15H,6-7H2,1-5H3/t8-,9+,10-/m0/s1. The van der Waals surface area contributed by atoms with Crippen LogP contribution in [0.25, 0.3) is 0 Å². The van der Waals surface area contributed by atoms with Crippen molar-refractivity contribution in [1.82, 2.24) is 4.90 Å².